The molecule has 4 N–H and O–H groups in total. The molecule has 0 spiro atoms. The van der Waals surface area contributed by atoms with E-state index in [9.17, 15) is 14.4 Å². The summed E-state index contributed by atoms with van der Waals surface area (Å²) in [5.74, 6) is -2.07. The van der Waals surface area contributed by atoms with Crippen LogP contribution >= 0.6 is 46.4 Å². The highest BCUT2D eigenvalue weighted by Crippen LogP contribution is 2.32. The summed E-state index contributed by atoms with van der Waals surface area (Å²) in [5, 5.41) is 9.37. The van der Waals surface area contributed by atoms with Crippen molar-refractivity contribution in [1.29, 1.82) is 0 Å². The van der Waals surface area contributed by atoms with Gasteiger partial charge in [0.15, 0.2) is 0 Å². The topological polar surface area (TPSA) is 116 Å². The molecule has 0 aliphatic carbocycles. The molecule has 1 aliphatic heterocycles. The fraction of sp³-hybridized carbons (Fsp3) is 0.100. The van der Waals surface area contributed by atoms with Crippen LogP contribution in [-0.2, 0) is 9.59 Å². The van der Waals surface area contributed by atoms with Crippen molar-refractivity contribution in [3.8, 4) is 0 Å². The molecule has 0 radical (unpaired) electrons. The van der Waals surface area contributed by atoms with Crippen molar-refractivity contribution in [2.24, 2.45) is 0 Å². The van der Waals surface area contributed by atoms with Gasteiger partial charge in [-0.1, -0.05) is 46.4 Å². The molecule has 0 bridgehead atoms. The van der Waals surface area contributed by atoms with E-state index >= 15 is 0 Å². The second-order valence-corrected chi connectivity index (χ2v) is 8.51. The minimum absolute atomic E-state index is 0.0214. The highest BCUT2D eigenvalue weighted by atomic mass is 35.5. The largest absolute Gasteiger partial charge is 0.325 e. The van der Waals surface area contributed by atoms with Gasteiger partial charge in [0.25, 0.3) is 5.56 Å². The van der Waals surface area contributed by atoms with Gasteiger partial charge in [-0.25, -0.2) is 0 Å². The Hall–Kier alpha value is -2.78. The number of carbonyl (C=O) groups is 2. The Labute approximate surface area is 201 Å². The Balaban J connectivity index is 1.64. The van der Waals surface area contributed by atoms with Crippen LogP contribution < -0.4 is 21.5 Å². The molecule has 8 nitrogen and oxygen atoms in total. The zero-order valence-corrected chi connectivity index (χ0v) is 19.0. The maximum absolute atomic E-state index is 12.9. The fourth-order valence-electron chi connectivity index (χ4n) is 3.18. The molecule has 0 saturated carbocycles. The van der Waals surface area contributed by atoms with Crippen LogP contribution in [0, 0.1) is 0 Å². The zero-order chi connectivity index (χ0) is 23.0. The van der Waals surface area contributed by atoms with Crippen molar-refractivity contribution in [2.75, 3.05) is 16.0 Å². The van der Waals surface area contributed by atoms with Crippen LogP contribution in [0.3, 0.4) is 0 Å². The Morgan fingerprint density at radius 1 is 1.00 bits per heavy atom. The molecular formula is C20H13Cl4N5O3. The molecule has 1 atom stereocenters. The third-order valence-corrected chi connectivity index (χ3v) is 5.93. The molecular weight excluding hydrogens is 500 g/mol. The van der Waals surface area contributed by atoms with Crippen molar-refractivity contribution in [1.82, 2.24) is 9.97 Å². The number of nitrogens with one attached hydrogen (secondary N) is 4. The lowest BCUT2D eigenvalue weighted by Crippen LogP contribution is -2.36. The standard InChI is InChI=1S/C20H13Cl4N5O3/c21-8-1-4-14(13(24)5-8)26-20-28-17-16(19(32)29-20)10(7-15(30)27-17)18(31)25-9-2-3-11(22)12(23)6-9/h1-6,10H,7H2,(H,25,31)(H3,26,27,28,29,30,32)/t10-/m1/s1. The molecule has 12 heteroatoms. The molecule has 2 amide bonds. The molecule has 3 aromatic rings. The Bertz CT molecular complexity index is 1310. The van der Waals surface area contributed by atoms with Crippen molar-refractivity contribution in [2.45, 2.75) is 12.3 Å². The Morgan fingerprint density at radius 2 is 1.78 bits per heavy atom. The van der Waals surface area contributed by atoms with Gasteiger partial charge in [0.1, 0.15) is 5.82 Å². The summed E-state index contributed by atoms with van der Waals surface area (Å²) in [4.78, 5) is 44.7. The van der Waals surface area contributed by atoms with Crippen LogP contribution in [0.25, 0.3) is 0 Å². The number of amides is 2. The number of anilines is 4. The molecule has 164 valence electrons. The number of aromatic nitrogens is 2. The maximum Gasteiger partial charge on any atom is 0.258 e. The highest BCUT2D eigenvalue weighted by molar-refractivity contribution is 6.42. The van der Waals surface area contributed by atoms with Crippen molar-refractivity contribution < 1.29 is 9.59 Å². The molecule has 1 aromatic heterocycles. The number of halogens is 4. The molecule has 0 unspecified atom stereocenters. The van der Waals surface area contributed by atoms with Crippen LogP contribution in [0.5, 0.6) is 0 Å². The monoisotopic (exact) mass is 511 g/mol. The molecule has 0 fully saturated rings. The van der Waals surface area contributed by atoms with Gasteiger partial charge >= 0.3 is 0 Å². The first kappa shape index (κ1) is 22.4. The Morgan fingerprint density at radius 3 is 2.50 bits per heavy atom. The lowest BCUT2D eigenvalue weighted by atomic mass is 9.92. The van der Waals surface area contributed by atoms with Gasteiger partial charge in [0, 0.05) is 17.1 Å². The van der Waals surface area contributed by atoms with Gasteiger partial charge in [-0.05, 0) is 36.4 Å². The minimum Gasteiger partial charge on any atom is -0.325 e. The summed E-state index contributed by atoms with van der Waals surface area (Å²) in [5.41, 5.74) is 0.263. The summed E-state index contributed by atoms with van der Waals surface area (Å²) in [6.45, 7) is 0. The number of fused-ring (bicyclic) bond motifs is 1. The van der Waals surface area contributed by atoms with Crippen LogP contribution in [-0.4, -0.2) is 21.8 Å². The second kappa shape index (κ2) is 8.99. The minimum atomic E-state index is -1.06. The van der Waals surface area contributed by atoms with E-state index in [1.54, 1.807) is 18.2 Å². The average Bonchev–Trinajstić information content (AvgIpc) is 2.72. The number of H-pyrrole nitrogens is 1. The quantitative estimate of drug-likeness (QED) is 0.383. The van der Waals surface area contributed by atoms with Crippen LogP contribution in [0.4, 0.5) is 23.1 Å². The number of rotatable bonds is 4. The van der Waals surface area contributed by atoms with E-state index in [4.69, 9.17) is 46.4 Å². The van der Waals surface area contributed by atoms with Crippen molar-refractivity contribution in [3.63, 3.8) is 0 Å². The van der Waals surface area contributed by atoms with E-state index in [-0.39, 0.29) is 28.8 Å². The number of aromatic amines is 1. The summed E-state index contributed by atoms with van der Waals surface area (Å²) >= 11 is 23.9. The summed E-state index contributed by atoms with van der Waals surface area (Å²) < 4.78 is 0. The zero-order valence-electron chi connectivity index (χ0n) is 15.9. The van der Waals surface area contributed by atoms with Gasteiger partial charge in [0.2, 0.25) is 17.8 Å². The smallest absolute Gasteiger partial charge is 0.258 e. The van der Waals surface area contributed by atoms with E-state index in [0.717, 1.165) is 0 Å². The van der Waals surface area contributed by atoms with E-state index < -0.39 is 23.3 Å². The van der Waals surface area contributed by atoms with Crippen LogP contribution in [0.2, 0.25) is 20.1 Å². The molecule has 0 saturated heterocycles. The molecule has 4 rings (SSSR count). The molecule has 1 aliphatic rings. The number of hydrogen-bond donors (Lipinski definition) is 4. The SMILES string of the molecule is O=C1C[C@@H](C(=O)Nc2ccc(Cl)c(Cl)c2)c2c(nc(Nc3ccc(Cl)cc3Cl)[nH]c2=O)N1. The van der Waals surface area contributed by atoms with Crippen LogP contribution in [0.15, 0.2) is 41.2 Å². The first-order chi connectivity index (χ1) is 15.2. The van der Waals surface area contributed by atoms with Gasteiger partial charge in [-0.3, -0.25) is 19.4 Å². The Kier molecular flexibility index (Phi) is 6.30. The fourth-order valence-corrected chi connectivity index (χ4v) is 3.93. The third-order valence-electron chi connectivity index (χ3n) is 4.64. The molecule has 32 heavy (non-hydrogen) atoms. The highest BCUT2D eigenvalue weighted by Gasteiger charge is 2.35. The lowest BCUT2D eigenvalue weighted by molar-refractivity contribution is -0.123. The normalized spacial score (nSPS) is 15.0. The molecule has 2 aromatic carbocycles. The third kappa shape index (κ3) is 4.68. The lowest BCUT2D eigenvalue weighted by Gasteiger charge is -2.23. The van der Waals surface area contributed by atoms with Crippen molar-refractivity contribution >= 4 is 81.4 Å². The van der Waals surface area contributed by atoms with E-state index in [2.05, 4.69) is 25.9 Å². The van der Waals surface area contributed by atoms with Gasteiger partial charge in [0.05, 0.1) is 32.2 Å². The van der Waals surface area contributed by atoms with Crippen LogP contribution in [0.1, 0.15) is 17.9 Å². The maximum atomic E-state index is 12.9. The first-order valence-electron chi connectivity index (χ1n) is 9.13. The number of hydrogen-bond acceptors (Lipinski definition) is 5. The number of benzene rings is 2. The number of nitrogens with zero attached hydrogens (tertiary/aromatic N) is 1. The second-order valence-electron chi connectivity index (χ2n) is 6.85. The first-order valence-corrected chi connectivity index (χ1v) is 10.6. The van der Waals surface area contributed by atoms with E-state index in [0.29, 0.717) is 26.4 Å². The predicted octanol–water partition coefficient (Wildman–Crippen LogP) is 5.19. The van der Waals surface area contributed by atoms with E-state index in [1.165, 1.54) is 18.2 Å². The van der Waals surface area contributed by atoms with Gasteiger partial charge < -0.3 is 16.0 Å². The van der Waals surface area contributed by atoms with Crippen molar-refractivity contribution in [3.05, 3.63) is 72.4 Å². The van der Waals surface area contributed by atoms with E-state index in [1.807, 2.05) is 0 Å². The summed E-state index contributed by atoms with van der Waals surface area (Å²) in [7, 11) is 0. The van der Waals surface area contributed by atoms with Gasteiger partial charge in [-0.15, -0.1) is 0 Å². The average molecular weight is 513 g/mol. The number of carbonyl (C=O) groups excluding carboxylic acids is 2. The summed E-state index contributed by atoms with van der Waals surface area (Å²) in [6, 6.07) is 9.29. The molecule has 2 heterocycles. The summed E-state index contributed by atoms with van der Waals surface area (Å²) in [6.07, 6.45) is -0.222. The van der Waals surface area contributed by atoms with Gasteiger partial charge in [-0.2, -0.15) is 4.98 Å². The predicted molar refractivity (Wildman–Crippen MR) is 126 cm³/mol.